The van der Waals surface area contributed by atoms with Crippen LogP contribution in [0.1, 0.15) is 46.5 Å². The molecule has 1 rings (SSSR count). The lowest BCUT2D eigenvalue weighted by Crippen LogP contribution is -2.44. The molecule has 3 heteroatoms. The van der Waals surface area contributed by atoms with Gasteiger partial charge in [0.15, 0.2) is 0 Å². The van der Waals surface area contributed by atoms with Crippen LogP contribution in [0.3, 0.4) is 0 Å². The van der Waals surface area contributed by atoms with Crippen LogP contribution in [0.25, 0.3) is 0 Å². The van der Waals surface area contributed by atoms with Crippen LogP contribution in [0.15, 0.2) is 0 Å². The van der Waals surface area contributed by atoms with Crippen LogP contribution < -0.4 is 5.32 Å². The van der Waals surface area contributed by atoms with E-state index in [2.05, 4.69) is 19.2 Å². The van der Waals surface area contributed by atoms with E-state index in [1.54, 1.807) is 0 Å². The van der Waals surface area contributed by atoms with E-state index >= 15 is 0 Å². The van der Waals surface area contributed by atoms with Gasteiger partial charge in [-0.2, -0.15) is 0 Å². The van der Waals surface area contributed by atoms with Gasteiger partial charge in [0.2, 0.25) is 5.91 Å². The lowest BCUT2D eigenvalue weighted by Gasteiger charge is -2.34. The normalized spacial score (nSPS) is 31.0. The highest BCUT2D eigenvalue weighted by Gasteiger charge is 2.28. The van der Waals surface area contributed by atoms with Crippen LogP contribution in [0.5, 0.6) is 0 Å². The molecule has 0 unspecified atom stereocenters. The van der Waals surface area contributed by atoms with Gasteiger partial charge in [0.05, 0.1) is 6.42 Å². The lowest BCUT2D eigenvalue weighted by molar-refractivity contribution is -0.128. The Kier molecular flexibility index (Phi) is 4.30. The second-order valence-corrected chi connectivity index (χ2v) is 4.82. The minimum atomic E-state index is -0.117. The van der Waals surface area contributed by atoms with Crippen molar-refractivity contribution in [1.82, 2.24) is 5.32 Å². The van der Waals surface area contributed by atoms with Crippen molar-refractivity contribution in [2.24, 2.45) is 11.8 Å². The van der Waals surface area contributed by atoms with Crippen LogP contribution in [-0.4, -0.2) is 17.7 Å². The Balaban J connectivity index is 2.43. The molecule has 1 aliphatic carbocycles. The largest absolute Gasteiger partial charge is 0.353 e. The highest BCUT2D eigenvalue weighted by molar-refractivity contribution is 5.96. The van der Waals surface area contributed by atoms with Crippen LogP contribution >= 0.6 is 0 Å². The lowest BCUT2D eigenvalue weighted by atomic mass is 9.78. The summed E-state index contributed by atoms with van der Waals surface area (Å²) < 4.78 is 0. The number of ketones is 1. The molecule has 0 heterocycles. The molecular formula is C12H21NO2. The van der Waals surface area contributed by atoms with Gasteiger partial charge in [-0.25, -0.2) is 0 Å². The zero-order chi connectivity index (χ0) is 11.4. The molecule has 0 aromatic carbocycles. The first-order valence-corrected chi connectivity index (χ1v) is 5.79. The van der Waals surface area contributed by atoms with Gasteiger partial charge in [0, 0.05) is 6.04 Å². The minimum Gasteiger partial charge on any atom is -0.353 e. The number of amides is 1. The molecule has 15 heavy (non-hydrogen) atoms. The van der Waals surface area contributed by atoms with Crippen molar-refractivity contribution in [3.63, 3.8) is 0 Å². The predicted octanol–water partition coefficient (Wildman–Crippen LogP) is 1.91. The van der Waals surface area contributed by atoms with Crippen molar-refractivity contribution in [3.8, 4) is 0 Å². The maximum absolute atomic E-state index is 11.4. The Morgan fingerprint density at radius 1 is 1.27 bits per heavy atom. The first kappa shape index (κ1) is 12.2. The quantitative estimate of drug-likeness (QED) is 0.725. The Hall–Kier alpha value is -0.860. The molecular weight excluding hydrogens is 190 g/mol. The Morgan fingerprint density at radius 2 is 1.93 bits per heavy atom. The summed E-state index contributed by atoms with van der Waals surface area (Å²) in [6, 6.07) is 0.264. The van der Waals surface area contributed by atoms with Crippen LogP contribution in [0.2, 0.25) is 0 Å². The molecule has 0 aromatic rings. The Morgan fingerprint density at radius 3 is 2.53 bits per heavy atom. The van der Waals surface area contributed by atoms with E-state index in [9.17, 15) is 9.59 Å². The summed E-state index contributed by atoms with van der Waals surface area (Å²) >= 11 is 0. The van der Waals surface area contributed by atoms with Crippen LogP contribution in [-0.2, 0) is 9.59 Å². The SMILES string of the molecule is CC(=O)CC(=O)N[C@H]1CCC[C@@H](C)[C@H]1C. The van der Waals surface area contributed by atoms with Gasteiger partial charge in [-0.1, -0.05) is 26.7 Å². The average Bonchev–Trinajstić information content (AvgIpc) is 2.11. The first-order chi connectivity index (χ1) is 7.00. The fraction of sp³-hybridized carbons (Fsp3) is 0.833. The van der Waals surface area contributed by atoms with Gasteiger partial charge in [0.25, 0.3) is 0 Å². The van der Waals surface area contributed by atoms with E-state index in [0.717, 1.165) is 6.42 Å². The molecule has 0 aliphatic heterocycles. The maximum atomic E-state index is 11.4. The molecule has 0 radical (unpaired) electrons. The number of carbonyl (C=O) groups excluding carboxylic acids is 2. The summed E-state index contributed by atoms with van der Waals surface area (Å²) in [6.45, 7) is 5.86. The summed E-state index contributed by atoms with van der Waals surface area (Å²) in [6.07, 6.45) is 3.50. The number of Topliss-reactive ketones (excluding diaryl/α,β-unsaturated/α-hetero) is 1. The van der Waals surface area contributed by atoms with Gasteiger partial charge in [-0.05, 0) is 25.2 Å². The molecule has 3 atom stereocenters. The van der Waals surface area contributed by atoms with Gasteiger partial charge < -0.3 is 5.32 Å². The molecule has 3 nitrogen and oxygen atoms in total. The molecule has 1 N–H and O–H groups in total. The summed E-state index contributed by atoms with van der Waals surface area (Å²) in [7, 11) is 0. The van der Waals surface area contributed by atoms with Crippen molar-refractivity contribution >= 4 is 11.7 Å². The van der Waals surface area contributed by atoms with Crippen LogP contribution in [0.4, 0.5) is 0 Å². The number of hydrogen-bond donors (Lipinski definition) is 1. The van der Waals surface area contributed by atoms with Crippen molar-refractivity contribution in [2.75, 3.05) is 0 Å². The number of nitrogens with one attached hydrogen (secondary N) is 1. The molecule has 1 fully saturated rings. The summed E-state index contributed by atoms with van der Waals surface area (Å²) in [4.78, 5) is 22.2. The van der Waals surface area contributed by atoms with E-state index in [0.29, 0.717) is 11.8 Å². The van der Waals surface area contributed by atoms with Gasteiger partial charge >= 0.3 is 0 Å². The zero-order valence-electron chi connectivity index (χ0n) is 9.88. The van der Waals surface area contributed by atoms with E-state index in [1.807, 2.05) is 0 Å². The molecule has 86 valence electrons. The average molecular weight is 211 g/mol. The van der Waals surface area contributed by atoms with Gasteiger partial charge in [-0.15, -0.1) is 0 Å². The maximum Gasteiger partial charge on any atom is 0.227 e. The third-order valence-electron chi connectivity index (χ3n) is 3.46. The minimum absolute atomic E-state index is 0.0254. The van der Waals surface area contributed by atoms with Crippen molar-refractivity contribution in [1.29, 1.82) is 0 Å². The standard InChI is InChI=1S/C12H21NO2/c1-8-5-4-6-11(10(8)3)13-12(15)7-9(2)14/h8,10-11H,4-7H2,1-3H3,(H,13,15)/t8-,10-,11+/m1/s1. The van der Waals surface area contributed by atoms with E-state index in [1.165, 1.54) is 19.8 Å². The second kappa shape index (κ2) is 5.29. The van der Waals surface area contributed by atoms with Gasteiger partial charge in [-0.3, -0.25) is 9.59 Å². The second-order valence-electron chi connectivity index (χ2n) is 4.82. The van der Waals surface area contributed by atoms with E-state index in [-0.39, 0.29) is 24.2 Å². The van der Waals surface area contributed by atoms with Crippen LogP contribution in [0, 0.1) is 11.8 Å². The molecule has 0 saturated heterocycles. The molecule has 1 saturated carbocycles. The number of rotatable bonds is 3. The Bertz CT molecular complexity index is 250. The third-order valence-corrected chi connectivity index (χ3v) is 3.46. The van der Waals surface area contributed by atoms with E-state index in [4.69, 9.17) is 0 Å². The summed E-state index contributed by atoms with van der Waals surface area (Å²) in [5.74, 6) is 1.01. The first-order valence-electron chi connectivity index (χ1n) is 5.79. The van der Waals surface area contributed by atoms with Crippen molar-refractivity contribution in [2.45, 2.75) is 52.5 Å². The molecule has 0 aromatic heterocycles. The third kappa shape index (κ3) is 3.65. The molecule has 1 aliphatic rings. The molecule has 0 bridgehead atoms. The number of carbonyl (C=O) groups is 2. The zero-order valence-corrected chi connectivity index (χ0v) is 9.88. The van der Waals surface area contributed by atoms with Crippen molar-refractivity contribution in [3.05, 3.63) is 0 Å². The molecule has 1 amide bonds. The highest BCUT2D eigenvalue weighted by Crippen LogP contribution is 2.29. The predicted molar refractivity (Wildman–Crippen MR) is 59.4 cm³/mol. The highest BCUT2D eigenvalue weighted by atomic mass is 16.2. The fourth-order valence-electron chi connectivity index (χ4n) is 2.27. The topological polar surface area (TPSA) is 46.2 Å². The smallest absolute Gasteiger partial charge is 0.227 e. The number of hydrogen-bond acceptors (Lipinski definition) is 2. The molecule has 0 spiro atoms. The van der Waals surface area contributed by atoms with Gasteiger partial charge in [0.1, 0.15) is 5.78 Å². The van der Waals surface area contributed by atoms with Crippen molar-refractivity contribution < 1.29 is 9.59 Å². The fourth-order valence-corrected chi connectivity index (χ4v) is 2.27. The monoisotopic (exact) mass is 211 g/mol. The Labute approximate surface area is 91.6 Å². The van der Waals surface area contributed by atoms with E-state index < -0.39 is 0 Å². The summed E-state index contributed by atoms with van der Waals surface area (Å²) in [5, 5.41) is 2.97. The summed E-state index contributed by atoms with van der Waals surface area (Å²) in [5.41, 5.74) is 0.